The quantitative estimate of drug-likeness (QED) is 0.508. The second-order valence-corrected chi connectivity index (χ2v) is 8.46. The zero-order valence-electron chi connectivity index (χ0n) is 18.6. The third-order valence-corrected chi connectivity index (χ3v) is 6.14. The molecule has 0 spiro atoms. The maximum atomic E-state index is 13.0. The van der Waals surface area contributed by atoms with Crippen molar-refractivity contribution in [1.29, 1.82) is 0 Å². The Bertz CT molecular complexity index is 1070. The number of para-hydroxylation sites is 1. The fourth-order valence-corrected chi connectivity index (χ4v) is 4.58. The lowest BCUT2D eigenvalue weighted by molar-refractivity contribution is 0.227. The first-order valence-electron chi connectivity index (χ1n) is 10.9. The summed E-state index contributed by atoms with van der Waals surface area (Å²) in [5.41, 5.74) is 4.58. The molecule has 0 unspecified atom stereocenters. The van der Waals surface area contributed by atoms with Gasteiger partial charge in [0.05, 0.1) is 26.3 Å². The van der Waals surface area contributed by atoms with E-state index in [1.807, 2.05) is 24.3 Å². The molecule has 1 aliphatic rings. The second-order valence-electron chi connectivity index (χ2n) is 8.46. The summed E-state index contributed by atoms with van der Waals surface area (Å²) in [4.78, 5) is 16.5. The molecule has 6 heteroatoms. The van der Waals surface area contributed by atoms with Crippen LogP contribution < -0.4 is 20.1 Å². The van der Waals surface area contributed by atoms with Gasteiger partial charge in [-0.05, 0) is 54.5 Å². The molecular weight excluding hydrogens is 390 g/mol. The van der Waals surface area contributed by atoms with Crippen molar-refractivity contribution in [2.24, 2.45) is 5.92 Å². The van der Waals surface area contributed by atoms with Gasteiger partial charge >= 0.3 is 6.03 Å². The van der Waals surface area contributed by atoms with E-state index in [-0.39, 0.29) is 24.0 Å². The van der Waals surface area contributed by atoms with Crippen LogP contribution in [0.4, 0.5) is 4.79 Å². The number of aromatic nitrogens is 1. The predicted octanol–water partition coefficient (Wildman–Crippen LogP) is 5.26. The number of aromatic amines is 1. The molecule has 0 saturated carbocycles. The van der Waals surface area contributed by atoms with Gasteiger partial charge < -0.3 is 25.1 Å². The van der Waals surface area contributed by atoms with Crippen molar-refractivity contribution in [2.45, 2.75) is 45.2 Å². The number of nitrogens with one attached hydrogen (secondary N) is 3. The van der Waals surface area contributed by atoms with Crippen LogP contribution >= 0.6 is 0 Å². The van der Waals surface area contributed by atoms with Gasteiger partial charge in [-0.1, -0.05) is 38.1 Å². The summed E-state index contributed by atoms with van der Waals surface area (Å²) in [5.74, 6) is 1.54. The highest BCUT2D eigenvalue weighted by Gasteiger charge is 2.27. The number of amides is 2. The number of methoxy groups -OCH3 is 2. The zero-order chi connectivity index (χ0) is 22.0. The van der Waals surface area contributed by atoms with E-state index in [1.54, 1.807) is 14.2 Å². The minimum atomic E-state index is -0.162. The molecule has 0 bridgehead atoms. The highest BCUT2D eigenvalue weighted by Crippen LogP contribution is 2.35. The van der Waals surface area contributed by atoms with Crippen molar-refractivity contribution in [1.82, 2.24) is 15.6 Å². The Morgan fingerprint density at radius 2 is 1.87 bits per heavy atom. The van der Waals surface area contributed by atoms with Crippen LogP contribution in [0.2, 0.25) is 0 Å². The highest BCUT2D eigenvalue weighted by atomic mass is 16.5. The van der Waals surface area contributed by atoms with Crippen LogP contribution in [0.1, 0.15) is 55.6 Å². The number of carbonyl (C=O) groups excluding carboxylic acids is 1. The number of fused-ring (bicyclic) bond motifs is 3. The molecule has 2 aromatic carbocycles. The van der Waals surface area contributed by atoms with Crippen molar-refractivity contribution in [2.75, 3.05) is 14.2 Å². The minimum Gasteiger partial charge on any atom is -0.493 e. The fraction of sp³-hybridized carbons (Fsp3) is 0.400. The zero-order valence-corrected chi connectivity index (χ0v) is 18.6. The summed E-state index contributed by atoms with van der Waals surface area (Å²) in [6.07, 6.45) is 3.03. The number of urea groups is 1. The number of hydrogen-bond acceptors (Lipinski definition) is 3. The molecule has 2 atom stereocenters. The molecular formula is C25H31N3O3. The molecule has 3 N–H and O–H groups in total. The van der Waals surface area contributed by atoms with E-state index >= 15 is 0 Å². The van der Waals surface area contributed by atoms with Crippen LogP contribution in [0.5, 0.6) is 11.5 Å². The summed E-state index contributed by atoms with van der Waals surface area (Å²) < 4.78 is 10.8. The number of hydrogen-bond donors (Lipinski definition) is 3. The lowest BCUT2D eigenvalue weighted by Gasteiger charge is -2.27. The van der Waals surface area contributed by atoms with E-state index in [2.05, 4.69) is 47.7 Å². The monoisotopic (exact) mass is 421 g/mol. The SMILES string of the molecule is COc1ccc([C@@H](NC(=O)N[C@H]2CCCc3c2[nH]c2ccccc32)C(C)C)cc1OC. The highest BCUT2D eigenvalue weighted by molar-refractivity contribution is 5.85. The van der Waals surface area contributed by atoms with Gasteiger partial charge in [-0.15, -0.1) is 0 Å². The number of aryl methyl sites for hydroxylation is 1. The molecule has 6 nitrogen and oxygen atoms in total. The van der Waals surface area contributed by atoms with Gasteiger partial charge in [-0.2, -0.15) is 0 Å². The second kappa shape index (κ2) is 8.92. The Hall–Kier alpha value is -3.15. The Morgan fingerprint density at radius 1 is 1.10 bits per heavy atom. The van der Waals surface area contributed by atoms with E-state index in [1.165, 1.54) is 10.9 Å². The molecule has 1 aromatic heterocycles. The van der Waals surface area contributed by atoms with Gasteiger partial charge in [0.1, 0.15) is 0 Å². The van der Waals surface area contributed by atoms with Gasteiger partial charge in [0.25, 0.3) is 0 Å². The number of rotatable bonds is 6. The number of benzene rings is 2. The van der Waals surface area contributed by atoms with E-state index in [0.717, 1.165) is 36.0 Å². The standard InChI is InChI=1S/C25H31N3O3/c1-15(2)23(16-12-13-21(30-3)22(14-16)31-4)28-25(29)27-20-11-7-9-18-17-8-5-6-10-19(17)26-24(18)20/h5-6,8,10,12-15,20,23,26H,7,9,11H2,1-4H3,(H2,27,28,29)/t20-,23-/m0/s1. The van der Waals surface area contributed by atoms with Gasteiger partial charge in [0.2, 0.25) is 0 Å². The maximum absolute atomic E-state index is 13.0. The summed E-state index contributed by atoms with van der Waals surface area (Å²) >= 11 is 0. The fourth-order valence-electron chi connectivity index (χ4n) is 4.58. The molecule has 0 fully saturated rings. The molecule has 1 aliphatic carbocycles. The van der Waals surface area contributed by atoms with Crippen LogP contribution in [0.3, 0.4) is 0 Å². The average molecular weight is 422 g/mol. The van der Waals surface area contributed by atoms with E-state index in [0.29, 0.717) is 11.5 Å². The lowest BCUT2D eigenvalue weighted by atomic mass is 9.91. The van der Waals surface area contributed by atoms with Crippen LogP contribution in [-0.4, -0.2) is 25.2 Å². The topological polar surface area (TPSA) is 75.4 Å². The first-order chi connectivity index (χ1) is 15.0. The van der Waals surface area contributed by atoms with Crippen molar-refractivity contribution in [3.05, 3.63) is 59.3 Å². The van der Waals surface area contributed by atoms with Crippen molar-refractivity contribution < 1.29 is 14.3 Å². The maximum Gasteiger partial charge on any atom is 0.315 e. The van der Waals surface area contributed by atoms with Gasteiger partial charge in [-0.25, -0.2) is 4.79 Å². The molecule has 2 amide bonds. The third-order valence-electron chi connectivity index (χ3n) is 6.14. The molecule has 164 valence electrons. The Morgan fingerprint density at radius 3 is 2.61 bits per heavy atom. The van der Waals surface area contributed by atoms with Gasteiger partial charge in [0.15, 0.2) is 11.5 Å². The van der Waals surface area contributed by atoms with Crippen LogP contribution in [0.15, 0.2) is 42.5 Å². The van der Waals surface area contributed by atoms with E-state index in [9.17, 15) is 4.79 Å². The Labute approximate surface area is 183 Å². The van der Waals surface area contributed by atoms with E-state index < -0.39 is 0 Å². The lowest BCUT2D eigenvalue weighted by Crippen LogP contribution is -2.42. The van der Waals surface area contributed by atoms with Crippen LogP contribution in [-0.2, 0) is 6.42 Å². The Kier molecular flexibility index (Phi) is 6.07. The largest absolute Gasteiger partial charge is 0.493 e. The molecule has 3 aromatic rings. The van der Waals surface area contributed by atoms with Crippen LogP contribution in [0.25, 0.3) is 10.9 Å². The summed E-state index contributed by atoms with van der Waals surface area (Å²) in [6, 6.07) is 13.8. The number of H-pyrrole nitrogens is 1. The molecule has 31 heavy (non-hydrogen) atoms. The molecule has 0 aliphatic heterocycles. The van der Waals surface area contributed by atoms with Gasteiger partial charge in [-0.3, -0.25) is 0 Å². The molecule has 0 saturated heterocycles. The minimum absolute atomic E-state index is 0.0191. The predicted molar refractivity (Wildman–Crippen MR) is 123 cm³/mol. The average Bonchev–Trinajstić information content (AvgIpc) is 3.16. The summed E-state index contributed by atoms with van der Waals surface area (Å²) in [7, 11) is 3.23. The van der Waals surface area contributed by atoms with Gasteiger partial charge in [0, 0.05) is 16.6 Å². The van der Waals surface area contributed by atoms with Crippen molar-refractivity contribution >= 4 is 16.9 Å². The van der Waals surface area contributed by atoms with Crippen molar-refractivity contribution in [3.63, 3.8) is 0 Å². The number of carbonyl (C=O) groups is 1. The summed E-state index contributed by atoms with van der Waals surface area (Å²) in [5, 5.41) is 7.64. The third kappa shape index (κ3) is 4.20. The van der Waals surface area contributed by atoms with Crippen LogP contribution in [0, 0.1) is 5.92 Å². The van der Waals surface area contributed by atoms with Crippen molar-refractivity contribution in [3.8, 4) is 11.5 Å². The first-order valence-corrected chi connectivity index (χ1v) is 10.9. The Balaban J connectivity index is 1.52. The summed E-state index contributed by atoms with van der Waals surface area (Å²) in [6.45, 7) is 4.19. The first kappa shape index (κ1) is 21.1. The molecule has 0 radical (unpaired) electrons. The normalized spacial score (nSPS) is 16.6. The number of ether oxygens (including phenoxy) is 2. The van der Waals surface area contributed by atoms with E-state index in [4.69, 9.17) is 9.47 Å². The smallest absolute Gasteiger partial charge is 0.315 e. The molecule has 1 heterocycles. The molecule has 4 rings (SSSR count).